The standard InChI is InChI=1S/C43H46O3S/c1-7-33-23-29(5)24-34(8-2)40(33)27-31-15-19-37(20-16-31)43(39-13-11-12-14-42(39)47(44,45)46)38-21-17-32(18-22-38)28-41-35(9-3)25-30(6)26-36(41)10-4/h11-26H,7-10,27-28H2,1-6H3/p+1. The van der Waals surface area contributed by atoms with Gasteiger partial charge in [0.05, 0.1) is 5.57 Å². The Morgan fingerprint density at radius 3 is 1.34 bits per heavy atom. The molecule has 0 amide bonds. The van der Waals surface area contributed by atoms with Crippen LogP contribution in [0.1, 0.15) is 94.5 Å². The zero-order chi connectivity index (χ0) is 33.7. The van der Waals surface area contributed by atoms with Crippen molar-refractivity contribution in [3.8, 4) is 0 Å². The van der Waals surface area contributed by atoms with Crippen molar-refractivity contribution in [2.75, 3.05) is 0 Å². The predicted molar refractivity (Wildman–Crippen MR) is 197 cm³/mol. The van der Waals surface area contributed by atoms with Crippen molar-refractivity contribution >= 4 is 15.7 Å². The van der Waals surface area contributed by atoms with Gasteiger partial charge in [-0.25, -0.2) is 0 Å². The van der Waals surface area contributed by atoms with Gasteiger partial charge in [-0.15, -0.1) is 0 Å². The zero-order valence-corrected chi connectivity index (χ0v) is 29.5. The molecule has 0 bridgehead atoms. The highest BCUT2D eigenvalue weighted by Crippen LogP contribution is 2.37. The first-order chi connectivity index (χ1) is 22.6. The quantitative estimate of drug-likeness (QED) is 0.131. The second kappa shape index (κ2) is 14.8. The van der Waals surface area contributed by atoms with Crippen LogP contribution in [-0.2, 0) is 48.6 Å². The molecule has 0 fully saturated rings. The molecule has 0 atom stereocenters. The Bertz CT molecular complexity index is 1780. The molecule has 1 aliphatic carbocycles. The topological polar surface area (TPSA) is 54.4 Å². The lowest BCUT2D eigenvalue weighted by atomic mass is 9.86. The van der Waals surface area contributed by atoms with E-state index in [9.17, 15) is 13.0 Å². The molecule has 3 nitrogen and oxygen atoms in total. The maximum Gasteiger partial charge on any atom is 0.331 e. The molecule has 5 rings (SSSR count). The fourth-order valence-corrected chi connectivity index (χ4v) is 7.72. The van der Waals surface area contributed by atoms with Crippen molar-refractivity contribution in [1.82, 2.24) is 0 Å². The van der Waals surface area contributed by atoms with E-state index in [4.69, 9.17) is 0 Å². The van der Waals surface area contributed by atoms with Crippen LogP contribution in [0.15, 0.2) is 103 Å². The normalized spacial score (nSPS) is 13.0. The van der Waals surface area contributed by atoms with Crippen molar-refractivity contribution in [1.29, 1.82) is 0 Å². The molecule has 0 spiro atoms. The van der Waals surface area contributed by atoms with E-state index >= 15 is 0 Å². The third-order valence-electron chi connectivity index (χ3n) is 9.36. The molecule has 0 radical (unpaired) electrons. The van der Waals surface area contributed by atoms with Crippen LogP contribution in [-0.4, -0.2) is 13.0 Å². The molecule has 4 heteroatoms. The summed E-state index contributed by atoms with van der Waals surface area (Å²) in [6.45, 7) is 13.2. The molecule has 0 aliphatic heterocycles. The second-order valence-electron chi connectivity index (χ2n) is 12.6. The van der Waals surface area contributed by atoms with E-state index < -0.39 is 10.1 Å². The van der Waals surface area contributed by atoms with Gasteiger partial charge in [0.2, 0.25) is 0 Å². The molecule has 4 aromatic carbocycles. The fraction of sp³-hybridized carbons (Fsp3) is 0.279. The average Bonchev–Trinajstić information content (AvgIpc) is 3.07. The van der Waals surface area contributed by atoms with Gasteiger partial charge in [-0.05, 0) is 121 Å². The number of aryl methyl sites for hydroxylation is 6. The highest BCUT2D eigenvalue weighted by molar-refractivity contribution is 7.89. The van der Waals surface area contributed by atoms with E-state index in [1.807, 2.05) is 6.08 Å². The third-order valence-corrected chi connectivity index (χ3v) is 10.3. The molecule has 1 N–H and O–H groups in total. The van der Waals surface area contributed by atoms with Crippen LogP contribution in [0.2, 0.25) is 0 Å². The monoisotopic (exact) mass is 643 g/mol. The summed E-state index contributed by atoms with van der Waals surface area (Å²) >= 11 is 0. The summed E-state index contributed by atoms with van der Waals surface area (Å²) in [5.41, 5.74) is 16.4. The molecule has 0 heterocycles. The number of hydrogen-bond acceptors (Lipinski definition) is 2. The summed E-state index contributed by atoms with van der Waals surface area (Å²) in [6.07, 6.45) is 12.4. The zero-order valence-electron chi connectivity index (χ0n) is 28.7. The SMILES string of the molecule is CCc1cc(C)cc(CC)c1Cc1ccc(C(=C2C=CC=C[C+]2S(=O)(=O)O)c2ccc(Cc3c(CC)cc(C)cc3CC)cc2)cc1. The smallest absolute Gasteiger partial charge is 0.274 e. The van der Waals surface area contributed by atoms with Gasteiger partial charge in [-0.2, -0.15) is 8.42 Å². The van der Waals surface area contributed by atoms with Crippen molar-refractivity contribution in [3.05, 3.63) is 175 Å². The first-order valence-corrected chi connectivity index (χ1v) is 18.3. The van der Waals surface area contributed by atoms with Gasteiger partial charge < -0.3 is 0 Å². The maximum absolute atomic E-state index is 12.6. The maximum atomic E-state index is 12.6. The van der Waals surface area contributed by atoms with E-state index in [1.54, 1.807) is 12.2 Å². The first kappa shape index (κ1) is 34.2. The molecule has 242 valence electrons. The van der Waals surface area contributed by atoms with Crippen LogP contribution >= 0.6 is 0 Å². The minimum atomic E-state index is -4.45. The Labute approximate surface area is 282 Å². The van der Waals surface area contributed by atoms with Crippen molar-refractivity contribution in [2.45, 2.75) is 80.1 Å². The molecule has 0 unspecified atom stereocenters. The van der Waals surface area contributed by atoms with E-state index in [2.05, 4.69) is 114 Å². The van der Waals surface area contributed by atoms with Crippen molar-refractivity contribution < 1.29 is 13.0 Å². The molecule has 0 saturated heterocycles. The molecule has 0 aromatic heterocycles. The fourth-order valence-electron chi connectivity index (χ4n) is 7.02. The Morgan fingerprint density at radius 2 is 1.00 bits per heavy atom. The van der Waals surface area contributed by atoms with E-state index in [-0.39, 0.29) is 5.25 Å². The van der Waals surface area contributed by atoms with Gasteiger partial charge in [0.25, 0.3) is 0 Å². The summed E-state index contributed by atoms with van der Waals surface area (Å²) in [4.78, 5) is 0. The van der Waals surface area contributed by atoms with Gasteiger partial charge in [0.15, 0.2) is 5.25 Å². The molecule has 47 heavy (non-hydrogen) atoms. The van der Waals surface area contributed by atoms with Crippen LogP contribution in [0.4, 0.5) is 0 Å². The van der Waals surface area contributed by atoms with Crippen LogP contribution < -0.4 is 0 Å². The second-order valence-corrected chi connectivity index (χ2v) is 14.0. The molecule has 0 saturated carbocycles. The Morgan fingerprint density at radius 1 is 0.617 bits per heavy atom. The molecule has 1 aliphatic rings. The summed E-state index contributed by atoms with van der Waals surface area (Å²) in [5.74, 6) is 0. The minimum Gasteiger partial charge on any atom is -0.274 e. The van der Waals surface area contributed by atoms with Gasteiger partial charge in [-0.1, -0.05) is 87.4 Å². The van der Waals surface area contributed by atoms with Crippen molar-refractivity contribution in [2.24, 2.45) is 0 Å². The highest BCUT2D eigenvalue weighted by Gasteiger charge is 2.35. The van der Waals surface area contributed by atoms with Gasteiger partial charge in [0.1, 0.15) is 5.57 Å². The van der Waals surface area contributed by atoms with Crippen LogP contribution in [0.5, 0.6) is 0 Å². The van der Waals surface area contributed by atoms with Gasteiger partial charge in [0, 0.05) is 35.4 Å². The number of benzene rings is 4. The number of rotatable bonds is 11. The lowest BCUT2D eigenvalue weighted by Gasteiger charge is -2.17. The van der Waals surface area contributed by atoms with Crippen molar-refractivity contribution in [3.63, 3.8) is 0 Å². The molecule has 4 aromatic rings. The van der Waals surface area contributed by atoms with Crippen LogP contribution in [0.3, 0.4) is 0 Å². The Balaban J connectivity index is 1.56. The predicted octanol–water partition coefficient (Wildman–Crippen LogP) is 10.1. The highest BCUT2D eigenvalue weighted by atomic mass is 32.2. The molecular formula is C43H47O3S+. The number of allylic oxidation sites excluding steroid dienone is 3. The van der Waals surface area contributed by atoms with Gasteiger partial charge >= 0.3 is 10.1 Å². The summed E-state index contributed by atoms with van der Waals surface area (Å²) in [7, 11) is -4.45. The van der Waals surface area contributed by atoms with E-state index in [0.29, 0.717) is 5.57 Å². The van der Waals surface area contributed by atoms with E-state index in [0.717, 1.165) is 55.2 Å². The molecular weight excluding hydrogens is 597 g/mol. The summed E-state index contributed by atoms with van der Waals surface area (Å²) < 4.78 is 35.4. The lowest BCUT2D eigenvalue weighted by molar-refractivity contribution is 0.487. The summed E-state index contributed by atoms with van der Waals surface area (Å²) in [6, 6.07) is 26.1. The average molecular weight is 644 g/mol. The third kappa shape index (κ3) is 7.72. The first-order valence-electron chi connectivity index (χ1n) is 16.9. The largest absolute Gasteiger partial charge is 0.331 e. The number of hydrogen-bond donors (Lipinski definition) is 1. The van der Waals surface area contributed by atoms with Crippen LogP contribution in [0.25, 0.3) is 5.57 Å². The lowest BCUT2D eigenvalue weighted by Crippen LogP contribution is -2.14. The van der Waals surface area contributed by atoms with Crippen LogP contribution in [0, 0.1) is 19.1 Å². The Hall–Kier alpha value is -4.12. The minimum absolute atomic E-state index is 0.0946. The van der Waals surface area contributed by atoms with E-state index in [1.165, 1.54) is 61.7 Å². The Kier molecular flexibility index (Phi) is 10.7. The summed E-state index contributed by atoms with van der Waals surface area (Å²) in [5, 5.41) is -0.0946. The van der Waals surface area contributed by atoms with Gasteiger partial charge in [-0.3, -0.25) is 4.55 Å².